The molecule has 4 rings (SSSR count). The molecule has 3 aromatic rings. The molecule has 2 heterocycles. The minimum atomic E-state index is -0.545. The molecule has 0 amide bonds. The van der Waals surface area contributed by atoms with Crippen LogP contribution in [0.3, 0.4) is 0 Å². The molecule has 0 spiro atoms. The molecule has 0 bridgehead atoms. The van der Waals surface area contributed by atoms with E-state index in [9.17, 15) is 9.59 Å². The molecule has 126 valence electrons. The van der Waals surface area contributed by atoms with Crippen LogP contribution in [-0.2, 0) is 17.7 Å². The van der Waals surface area contributed by atoms with E-state index >= 15 is 0 Å². The van der Waals surface area contributed by atoms with Crippen molar-refractivity contribution in [2.75, 3.05) is 6.61 Å². The Labute approximate surface area is 145 Å². The standard InChI is InChI=1S/C20H18N2O3/c1-2-25-20(24)18-17-12-15-10-6-7-11-16(15)22(17)21(19(18)23)13-14-8-4-3-5-9-14/h3-11H,2,12-13H2,1H3. The third-order valence-electron chi connectivity index (χ3n) is 4.47. The zero-order valence-corrected chi connectivity index (χ0v) is 13.9. The van der Waals surface area contributed by atoms with Gasteiger partial charge in [0.1, 0.15) is 5.56 Å². The van der Waals surface area contributed by atoms with Crippen LogP contribution in [0.4, 0.5) is 0 Å². The number of benzene rings is 2. The molecule has 5 heteroatoms. The Hall–Kier alpha value is -3.08. The van der Waals surface area contributed by atoms with Crippen LogP contribution in [0.1, 0.15) is 34.1 Å². The number of esters is 1. The Balaban J connectivity index is 1.91. The predicted molar refractivity (Wildman–Crippen MR) is 94.3 cm³/mol. The van der Waals surface area contributed by atoms with Crippen molar-refractivity contribution < 1.29 is 9.53 Å². The van der Waals surface area contributed by atoms with Crippen molar-refractivity contribution in [2.24, 2.45) is 0 Å². The number of hydrogen-bond donors (Lipinski definition) is 0. The van der Waals surface area contributed by atoms with Gasteiger partial charge in [-0.2, -0.15) is 0 Å². The van der Waals surface area contributed by atoms with Crippen LogP contribution in [0.2, 0.25) is 0 Å². The minimum Gasteiger partial charge on any atom is -0.462 e. The summed E-state index contributed by atoms with van der Waals surface area (Å²) in [5, 5.41) is 0. The topological polar surface area (TPSA) is 53.2 Å². The molecule has 1 aromatic heterocycles. The van der Waals surface area contributed by atoms with Gasteiger partial charge in [0.2, 0.25) is 0 Å². The highest BCUT2D eigenvalue weighted by atomic mass is 16.5. The molecular weight excluding hydrogens is 316 g/mol. The van der Waals surface area contributed by atoms with Crippen LogP contribution in [0.5, 0.6) is 0 Å². The monoisotopic (exact) mass is 334 g/mol. The number of carbonyl (C=O) groups excluding carboxylic acids is 1. The lowest BCUT2D eigenvalue weighted by Gasteiger charge is -2.11. The van der Waals surface area contributed by atoms with Crippen LogP contribution in [0.25, 0.3) is 5.69 Å². The minimum absolute atomic E-state index is 0.147. The average Bonchev–Trinajstić information content (AvgIpc) is 3.11. The molecule has 5 nitrogen and oxygen atoms in total. The molecule has 0 N–H and O–H groups in total. The van der Waals surface area contributed by atoms with Crippen molar-refractivity contribution in [3.63, 3.8) is 0 Å². The molecule has 0 atom stereocenters. The van der Waals surface area contributed by atoms with Gasteiger partial charge in [-0.15, -0.1) is 0 Å². The molecular formula is C20H18N2O3. The Bertz CT molecular complexity index is 1000. The number of para-hydroxylation sites is 1. The number of nitrogens with zero attached hydrogens (tertiary/aromatic N) is 2. The van der Waals surface area contributed by atoms with Crippen molar-refractivity contribution in [3.8, 4) is 5.69 Å². The number of ether oxygens (including phenoxy) is 1. The summed E-state index contributed by atoms with van der Waals surface area (Å²) >= 11 is 0. The van der Waals surface area contributed by atoms with Gasteiger partial charge in [-0.3, -0.25) is 9.48 Å². The largest absolute Gasteiger partial charge is 0.462 e. The van der Waals surface area contributed by atoms with Gasteiger partial charge in [-0.05, 0) is 24.1 Å². The highest BCUT2D eigenvalue weighted by Gasteiger charge is 2.32. The van der Waals surface area contributed by atoms with Crippen LogP contribution in [0, 0.1) is 0 Å². The Morgan fingerprint density at radius 2 is 1.80 bits per heavy atom. The summed E-state index contributed by atoms with van der Waals surface area (Å²) in [6, 6.07) is 17.7. The molecule has 1 aliphatic heterocycles. The Morgan fingerprint density at radius 1 is 1.08 bits per heavy atom. The van der Waals surface area contributed by atoms with Gasteiger partial charge < -0.3 is 4.74 Å². The van der Waals surface area contributed by atoms with Gasteiger partial charge in [0.15, 0.2) is 0 Å². The van der Waals surface area contributed by atoms with Crippen LogP contribution >= 0.6 is 0 Å². The molecule has 1 aliphatic rings. The van der Waals surface area contributed by atoms with E-state index in [-0.39, 0.29) is 17.7 Å². The number of carbonyl (C=O) groups is 1. The molecule has 0 fully saturated rings. The maximum atomic E-state index is 13.0. The lowest BCUT2D eigenvalue weighted by molar-refractivity contribution is 0.0523. The lowest BCUT2D eigenvalue weighted by atomic mass is 10.1. The molecule has 0 radical (unpaired) electrons. The normalized spacial score (nSPS) is 11.9. The second-order valence-electron chi connectivity index (χ2n) is 6.01. The zero-order chi connectivity index (χ0) is 17.4. The number of rotatable bonds is 4. The summed E-state index contributed by atoms with van der Waals surface area (Å²) in [6.07, 6.45) is 0.557. The average molecular weight is 334 g/mol. The zero-order valence-electron chi connectivity index (χ0n) is 13.9. The fraction of sp³-hybridized carbons (Fsp3) is 0.200. The molecule has 0 saturated carbocycles. The first-order valence-electron chi connectivity index (χ1n) is 8.34. The van der Waals surface area contributed by atoms with Gasteiger partial charge in [0.05, 0.1) is 24.5 Å². The van der Waals surface area contributed by atoms with Crippen LogP contribution < -0.4 is 5.56 Å². The number of fused-ring (bicyclic) bond motifs is 3. The maximum Gasteiger partial charge on any atom is 0.345 e. The number of hydrogen-bond acceptors (Lipinski definition) is 3. The summed E-state index contributed by atoms with van der Waals surface area (Å²) < 4.78 is 8.63. The first kappa shape index (κ1) is 15.4. The van der Waals surface area contributed by atoms with E-state index in [0.29, 0.717) is 18.7 Å². The molecule has 0 unspecified atom stereocenters. The summed E-state index contributed by atoms with van der Waals surface area (Å²) in [7, 11) is 0. The van der Waals surface area contributed by atoms with Gasteiger partial charge in [0, 0.05) is 6.42 Å². The summed E-state index contributed by atoms with van der Waals surface area (Å²) in [5.74, 6) is -0.545. The van der Waals surface area contributed by atoms with Crippen LogP contribution in [-0.4, -0.2) is 21.9 Å². The van der Waals surface area contributed by atoms with Gasteiger partial charge >= 0.3 is 5.97 Å². The van der Waals surface area contributed by atoms with Crippen molar-refractivity contribution >= 4 is 5.97 Å². The lowest BCUT2D eigenvalue weighted by Crippen LogP contribution is -2.26. The second-order valence-corrected chi connectivity index (χ2v) is 6.01. The second kappa shape index (κ2) is 6.09. The Morgan fingerprint density at radius 3 is 2.56 bits per heavy atom. The van der Waals surface area contributed by atoms with E-state index in [2.05, 4.69) is 0 Å². The van der Waals surface area contributed by atoms with E-state index in [1.807, 2.05) is 59.3 Å². The van der Waals surface area contributed by atoms with E-state index in [1.165, 1.54) is 0 Å². The third kappa shape index (κ3) is 2.48. The summed E-state index contributed by atoms with van der Waals surface area (Å²) in [5.41, 5.74) is 3.61. The van der Waals surface area contributed by atoms with Crippen molar-refractivity contribution in [1.29, 1.82) is 0 Å². The van der Waals surface area contributed by atoms with Crippen molar-refractivity contribution in [1.82, 2.24) is 9.36 Å². The van der Waals surface area contributed by atoms with Gasteiger partial charge in [-0.1, -0.05) is 48.5 Å². The van der Waals surface area contributed by atoms with Gasteiger partial charge in [0.25, 0.3) is 5.56 Å². The van der Waals surface area contributed by atoms with Crippen molar-refractivity contribution in [2.45, 2.75) is 19.9 Å². The molecule has 2 aromatic carbocycles. The predicted octanol–water partition coefficient (Wildman–Crippen LogP) is 2.77. The van der Waals surface area contributed by atoms with E-state index in [0.717, 1.165) is 16.8 Å². The third-order valence-corrected chi connectivity index (χ3v) is 4.47. The van der Waals surface area contributed by atoms with Crippen molar-refractivity contribution in [3.05, 3.63) is 87.3 Å². The van der Waals surface area contributed by atoms with E-state index < -0.39 is 5.97 Å². The van der Waals surface area contributed by atoms with Crippen LogP contribution in [0.15, 0.2) is 59.4 Å². The first-order valence-corrected chi connectivity index (χ1v) is 8.34. The fourth-order valence-electron chi connectivity index (χ4n) is 3.39. The smallest absolute Gasteiger partial charge is 0.345 e. The summed E-state index contributed by atoms with van der Waals surface area (Å²) in [6.45, 7) is 2.39. The first-order chi connectivity index (χ1) is 12.2. The molecule has 0 aliphatic carbocycles. The summed E-state index contributed by atoms with van der Waals surface area (Å²) in [4.78, 5) is 25.4. The maximum absolute atomic E-state index is 13.0. The molecule has 0 saturated heterocycles. The number of aromatic nitrogens is 2. The SMILES string of the molecule is CCOC(=O)c1c2n(n(Cc3ccccc3)c1=O)-c1ccccc1C2. The van der Waals surface area contributed by atoms with E-state index in [4.69, 9.17) is 4.74 Å². The van der Waals surface area contributed by atoms with Gasteiger partial charge in [-0.25, -0.2) is 9.48 Å². The quantitative estimate of drug-likeness (QED) is 0.539. The highest BCUT2D eigenvalue weighted by molar-refractivity contribution is 5.91. The Kier molecular flexibility index (Phi) is 3.76. The fourth-order valence-corrected chi connectivity index (χ4v) is 3.39. The van der Waals surface area contributed by atoms with E-state index in [1.54, 1.807) is 11.6 Å². The highest BCUT2D eigenvalue weighted by Crippen LogP contribution is 2.29. The molecule has 25 heavy (non-hydrogen) atoms.